The fourth-order valence-corrected chi connectivity index (χ4v) is 2.03. The molecule has 1 aromatic carbocycles. The summed E-state index contributed by atoms with van der Waals surface area (Å²) >= 11 is 0. The summed E-state index contributed by atoms with van der Waals surface area (Å²) in [6.07, 6.45) is -4.38. The van der Waals surface area contributed by atoms with Gasteiger partial charge >= 0.3 is 12.1 Å². The van der Waals surface area contributed by atoms with Gasteiger partial charge in [0, 0.05) is 12.3 Å². The van der Waals surface area contributed by atoms with Crippen LogP contribution in [0.3, 0.4) is 0 Å². The quantitative estimate of drug-likeness (QED) is 0.660. The van der Waals surface area contributed by atoms with Crippen molar-refractivity contribution in [3.8, 4) is 0 Å². The van der Waals surface area contributed by atoms with Crippen LogP contribution in [0.2, 0.25) is 0 Å². The van der Waals surface area contributed by atoms with E-state index in [9.17, 15) is 22.0 Å². The summed E-state index contributed by atoms with van der Waals surface area (Å²) in [4.78, 5) is 0. The van der Waals surface area contributed by atoms with E-state index in [-0.39, 0.29) is 12.8 Å². The second-order valence-electron chi connectivity index (χ2n) is 4.13. The lowest BCUT2D eigenvalue weighted by atomic mass is 9.80. The molecule has 0 bridgehead atoms. The number of fused-ring (bicyclic) bond motifs is 1. The molecule has 0 heterocycles. The van der Waals surface area contributed by atoms with Gasteiger partial charge < -0.3 is 0 Å². The first-order valence-corrected chi connectivity index (χ1v) is 5.19. The van der Waals surface area contributed by atoms with Crippen LogP contribution in [-0.4, -0.2) is 12.1 Å². The molecule has 0 aliphatic heterocycles. The number of hydrogen-bond donors (Lipinski definition) is 0. The molecule has 1 aliphatic rings. The maximum Gasteiger partial charge on any atom is 0.453 e. The lowest BCUT2D eigenvalue weighted by molar-refractivity contribution is -0.299. The zero-order valence-electron chi connectivity index (χ0n) is 8.77. The summed E-state index contributed by atoms with van der Waals surface area (Å²) in [5.74, 6) is -6.42. The second kappa shape index (κ2) is 3.96. The summed E-state index contributed by atoms with van der Waals surface area (Å²) in [7, 11) is 0. The smallest absolute Gasteiger partial charge is 0.196 e. The van der Waals surface area contributed by atoms with Crippen LogP contribution in [-0.2, 0) is 6.42 Å². The number of rotatable bonds is 1. The van der Waals surface area contributed by atoms with Crippen LogP contribution in [0.1, 0.15) is 17.5 Å². The molecule has 0 aromatic heterocycles. The van der Waals surface area contributed by atoms with Gasteiger partial charge in [0.25, 0.3) is 0 Å². The maximum absolute atomic E-state index is 13.2. The van der Waals surface area contributed by atoms with Crippen LogP contribution in [0.5, 0.6) is 0 Å². The van der Waals surface area contributed by atoms with E-state index in [1.807, 2.05) is 0 Å². The predicted octanol–water partition coefficient (Wildman–Crippen LogP) is 4.00. The van der Waals surface area contributed by atoms with E-state index in [1.165, 1.54) is 0 Å². The Kier molecular flexibility index (Phi) is 2.87. The Morgan fingerprint density at radius 3 is 2.29 bits per heavy atom. The third kappa shape index (κ3) is 2.15. The minimum Gasteiger partial charge on any atom is -0.196 e. The van der Waals surface area contributed by atoms with E-state index in [4.69, 9.17) is 0 Å². The van der Waals surface area contributed by atoms with Gasteiger partial charge in [-0.1, -0.05) is 24.3 Å². The molecule has 93 valence electrons. The third-order valence-electron chi connectivity index (χ3n) is 3.00. The SMILES string of the molecule is FC(F)(F)C(F)(F)C1[CH]c2ccccc2CC1. The van der Waals surface area contributed by atoms with Crippen molar-refractivity contribution in [2.45, 2.75) is 24.9 Å². The zero-order chi connectivity index (χ0) is 12.7. The molecule has 0 amide bonds. The molecule has 1 aliphatic carbocycles. The van der Waals surface area contributed by atoms with Gasteiger partial charge in [-0.25, -0.2) is 0 Å². The fourth-order valence-electron chi connectivity index (χ4n) is 2.03. The summed E-state index contributed by atoms with van der Waals surface area (Å²) in [5, 5.41) is 0. The fraction of sp³-hybridized carbons (Fsp3) is 0.417. The van der Waals surface area contributed by atoms with Crippen molar-refractivity contribution in [3.63, 3.8) is 0 Å². The van der Waals surface area contributed by atoms with E-state index < -0.39 is 18.0 Å². The summed E-state index contributed by atoms with van der Waals surface area (Å²) in [6.45, 7) is 0. The van der Waals surface area contributed by atoms with Crippen molar-refractivity contribution in [1.82, 2.24) is 0 Å². The second-order valence-corrected chi connectivity index (χ2v) is 4.13. The molecule has 0 nitrogen and oxygen atoms in total. The van der Waals surface area contributed by atoms with Crippen molar-refractivity contribution in [1.29, 1.82) is 0 Å². The summed E-state index contributed by atoms with van der Waals surface area (Å²) in [6, 6.07) is 6.68. The first-order chi connectivity index (χ1) is 7.82. The van der Waals surface area contributed by atoms with Gasteiger partial charge in [-0.3, -0.25) is 0 Å². The Morgan fingerprint density at radius 1 is 1.00 bits per heavy atom. The van der Waals surface area contributed by atoms with Crippen molar-refractivity contribution in [3.05, 3.63) is 41.8 Å². The third-order valence-corrected chi connectivity index (χ3v) is 3.00. The van der Waals surface area contributed by atoms with E-state index >= 15 is 0 Å². The molecular weight excluding hydrogens is 239 g/mol. The van der Waals surface area contributed by atoms with E-state index in [0.717, 1.165) is 12.0 Å². The van der Waals surface area contributed by atoms with Crippen molar-refractivity contribution in [2.24, 2.45) is 5.92 Å². The van der Waals surface area contributed by atoms with Crippen LogP contribution in [0.4, 0.5) is 22.0 Å². The van der Waals surface area contributed by atoms with Crippen LogP contribution in [0.25, 0.3) is 0 Å². The Morgan fingerprint density at radius 2 is 1.65 bits per heavy atom. The summed E-state index contributed by atoms with van der Waals surface area (Å²) < 4.78 is 63.0. The van der Waals surface area contributed by atoms with E-state index in [1.54, 1.807) is 24.3 Å². The van der Waals surface area contributed by atoms with Gasteiger partial charge in [0.2, 0.25) is 0 Å². The average molecular weight is 249 g/mol. The molecular formula is C12H10F5. The average Bonchev–Trinajstić information content (AvgIpc) is 2.27. The molecule has 1 atom stereocenters. The van der Waals surface area contributed by atoms with Crippen LogP contribution in [0, 0.1) is 12.3 Å². The Hall–Kier alpha value is -1.13. The van der Waals surface area contributed by atoms with Gasteiger partial charge in [-0.2, -0.15) is 22.0 Å². The standard InChI is InChI=1S/C12H10F5/c13-11(14,12(15,16)17)10-6-5-8-3-1-2-4-9(8)7-10/h1-4,7,10H,5-6H2. The number of halogens is 5. The molecule has 0 spiro atoms. The van der Waals surface area contributed by atoms with Gasteiger partial charge in [-0.05, 0) is 24.0 Å². The number of alkyl halides is 5. The molecule has 0 fully saturated rings. The van der Waals surface area contributed by atoms with Crippen molar-refractivity contribution in [2.75, 3.05) is 0 Å². The topological polar surface area (TPSA) is 0 Å². The van der Waals surface area contributed by atoms with Gasteiger partial charge in [-0.15, -0.1) is 0 Å². The Labute approximate surface area is 95.4 Å². The molecule has 0 N–H and O–H groups in total. The molecule has 0 saturated heterocycles. The largest absolute Gasteiger partial charge is 0.453 e. The number of benzene rings is 1. The van der Waals surface area contributed by atoms with E-state index in [0.29, 0.717) is 5.56 Å². The predicted molar refractivity (Wildman–Crippen MR) is 52.7 cm³/mol. The van der Waals surface area contributed by atoms with E-state index in [2.05, 4.69) is 0 Å². The minimum absolute atomic E-state index is 0.177. The highest BCUT2D eigenvalue weighted by atomic mass is 19.4. The summed E-state index contributed by atoms with van der Waals surface area (Å²) in [5.41, 5.74) is 1.30. The monoisotopic (exact) mass is 249 g/mol. The highest BCUT2D eigenvalue weighted by molar-refractivity contribution is 5.36. The maximum atomic E-state index is 13.2. The number of aryl methyl sites for hydroxylation is 1. The van der Waals surface area contributed by atoms with Crippen LogP contribution >= 0.6 is 0 Å². The highest BCUT2D eigenvalue weighted by Crippen LogP contribution is 2.46. The zero-order valence-corrected chi connectivity index (χ0v) is 8.77. The highest BCUT2D eigenvalue weighted by Gasteiger charge is 2.62. The molecule has 17 heavy (non-hydrogen) atoms. The molecule has 0 saturated carbocycles. The first-order valence-electron chi connectivity index (χ1n) is 5.19. The van der Waals surface area contributed by atoms with Crippen LogP contribution < -0.4 is 0 Å². The Balaban J connectivity index is 2.23. The van der Waals surface area contributed by atoms with Crippen molar-refractivity contribution < 1.29 is 22.0 Å². The lowest BCUT2D eigenvalue weighted by Gasteiger charge is -2.32. The molecule has 5 heteroatoms. The normalized spacial score (nSPS) is 21.1. The van der Waals surface area contributed by atoms with Crippen LogP contribution in [0.15, 0.2) is 24.3 Å². The first kappa shape index (κ1) is 12.3. The minimum atomic E-state index is -5.49. The van der Waals surface area contributed by atoms with Gasteiger partial charge in [0.15, 0.2) is 0 Å². The van der Waals surface area contributed by atoms with Gasteiger partial charge in [0.1, 0.15) is 0 Å². The molecule has 1 radical (unpaired) electrons. The molecule has 1 aromatic rings. The molecule has 1 unspecified atom stereocenters. The Bertz CT molecular complexity index is 408. The van der Waals surface area contributed by atoms with Gasteiger partial charge in [0.05, 0.1) is 0 Å². The van der Waals surface area contributed by atoms with Crippen molar-refractivity contribution >= 4 is 0 Å². The molecule has 2 rings (SSSR count). The number of hydrogen-bond acceptors (Lipinski definition) is 0. The lowest BCUT2D eigenvalue weighted by Crippen LogP contribution is -2.44.